The van der Waals surface area contributed by atoms with Gasteiger partial charge in [-0.3, -0.25) is 9.88 Å². The topological polar surface area (TPSA) is 86.2 Å². The molecular weight excluding hydrogens is 441 g/mol. The molecule has 1 rings (SSSR count). The van der Waals surface area contributed by atoms with Crippen LogP contribution in [0.3, 0.4) is 0 Å². The molecule has 0 saturated heterocycles. The van der Waals surface area contributed by atoms with Crippen molar-refractivity contribution in [3.8, 4) is 5.75 Å². The molecule has 0 amide bonds. The van der Waals surface area contributed by atoms with Gasteiger partial charge in [-0.2, -0.15) is 0 Å². The Balaban J connectivity index is 3.36. The highest BCUT2D eigenvalue weighted by molar-refractivity contribution is 7.54. The summed E-state index contributed by atoms with van der Waals surface area (Å²) in [7, 11) is -0.722. The van der Waals surface area contributed by atoms with Crippen molar-refractivity contribution in [3.63, 3.8) is 0 Å². The molecule has 0 aliphatic carbocycles. The van der Waals surface area contributed by atoms with E-state index >= 15 is 0 Å². The number of nitrogens with one attached hydrogen (secondary N) is 1. The molecule has 0 radical (unpaired) electrons. The Morgan fingerprint density at radius 3 is 1.76 bits per heavy atom. The molecule has 0 bridgehead atoms. The van der Waals surface area contributed by atoms with Crippen LogP contribution in [0.15, 0.2) is 12.1 Å². The summed E-state index contributed by atoms with van der Waals surface area (Å²) in [6.45, 7) is 17.9. The molecule has 33 heavy (non-hydrogen) atoms. The van der Waals surface area contributed by atoms with E-state index in [-0.39, 0.29) is 22.9 Å². The maximum Gasteiger partial charge on any atom is 0.351 e. The van der Waals surface area contributed by atoms with E-state index in [9.17, 15) is 9.67 Å². The minimum absolute atomic E-state index is 0.259. The minimum Gasteiger partial charge on any atom is -0.507 e. The van der Waals surface area contributed by atoms with Gasteiger partial charge in [0.25, 0.3) is 0 Å². The fourth-order valence-electron chi connectivity index (χ4n) is 3.75. The normalized spacial score (nSPS) is 14.2. The smallest absolute Gasteiger partial charge is 0.351 e. The highest BCUT2D eigenvalue weighted by Gasteiger charge is 2.37. The van der Waals surface area contributed by atoms with Crippen molar-refractivity contribution in [1.82, 2.24) is 5.32 Å². The van der Waals surface area contributed by atoms with Gasteiger partial charge in [0.15, 0.2) is 6.29 Å². The Bertz CT molecular complexity index is 735. The Kier molecular flexibility index (Phi) is 11.5. The van der Waals surface area contributed by atoms with Crippen LogP contribution in [-0.4, -0.2) is 45.4 Å². The number of hydrogen-bond acceptors (Lipinski definition) is 7. The molecule has 0 aromatic heterocycles. The Morgan fingerprint density at radius 2 is 1.39 bits per heavy atom. The highest BCUT2D eigenvalue weighted by Crippen LogP contribution is 2.59. The van der Waals surface area contributed by atoms with E-state index in [1.165, 1.54) is 14.2 Å². The van der Waals surface area contributed by atoms with Gasteiger partial charge in [0.05, 0.1) is 0 Å². The largest absolute Gasteiger partial charge is 0.507 e. The van der Waals surface area contributed by atoms with Crippen molar-refractivity contribution < 1.29 is 28.2 Å². The van der Waals surface area contributed by atoms with Crippen LogP contribution in [-0.2, 0) is 33.9 Å². The summed E-state index contributed by atoms with van der Waals surface area (Å²) < 4.78 is 35.6. The Morgan fingerprint density at radius 1 is 0.939 bits per heavy atom. The maximum absolute atomic E-state index is 13.6. The zero-order valence-corrected chi connectivity index (χ0v) is 23.2. The second-order valence-electron chi connectivity index (χ2n) is 10.2. The summed E-state index contributed by atoms with van der Waals surface area (Å²) in [6.07, 6.45) is 1.21. The van der Waals surface area contributed by atoms with E-state index in [4.69, 9.17) is 18.5 Å². The molecule has 0 spiro atoms. The third-order valence-electron chi connectivity index (χ3n) is 5.55. The molecule has 0 fully saturated rings. The number of aromatic hydroxyl groups is 1. The van der Waals surface area contributed by atoms with Crippen molar-refractivity contribution in [3.05, 3.63) is 28.8 Å². The minimum atomic E-state index is -3.52. The lowest BCUT2D eigenvalue weighted by Gasteiger charge is -2.32. The summed E-state index contributed by atoms with van der Waals surface area (Å²) in [5, 5.41) is 14.5. The van der Waals surface area contributed by atoms with E-state index in [0.29, 0.717) is 26.2 Å². The van der Waals surface area contributed by atoms with Crippen molar-refractivity contribution in [2.24, 2.45) is 0 Å². The molecule has 192 valence electrons. The van der Waals surface area contributed by atoms with E-state index in [0.717, 1.165) is 23.1 Å². The van der Waals surface area contributed by atoms with Crippen LogP contribution in [0.2, 0.25) is 0 Å². The molecule has 2 N–H and O–H groups in total. The molecule has 0 heterocycles. The summed E-state index contributed by atoms with van der Waals surface area (Å²) in [5.41, 5.74) is 1.74. The van der Waals surface area contributed by atoms with Crippen molar-refractivity contribution >= 4 is 7.60 Å². The number of phenolic OH excluding ortho intramolecular Hbond substituents is 1. The summed E-state index contributed by atoms with van der Waals surface area (Å²) in [5.74, 6) is -0.411. The number of rotatable bonds is 13. The predicted molar refractivity (Wildman–Crippen MR) is 134 cm³/mol. The first-order valence-corrected chi connectivity index (χ1v) is 13.4. The Labute approximate surface area is 201 Å². The monoisotopic (exact) mass is 487 g/mol. The van der Waals surface area contributed by atoms with Crippen molar-refractivity contribution in [2.75, 3.05) is 34.0 Å². The second-order valence-corrected chi connectivity index (χ2v) is 12.5. The van der Waals surface area contributed by atoms with Gasteiger partial charge >= 0.3 is 7.60 Å². The average Bonchev–Trinajstić information content (AvgIpc) is 2.72. The number of ether oxygens (including phenoxy) is 2. The molecule has 7 nitrogen and oxygen atoms in total. The summed E-state index contributed by atoms with van der Waals surface area (Å²) >= 11 is 0. The Hall–Kier alpha value is -0.950. The zero-order chi connectivity index (χ0) is 25.4. The SMILES string of the molecule is CCOC(CCCNC(c1cc(C(C)(C)C)c(O)c(C(C)(C)C)c1)P(=O)(OC)OC)OCC. The van der Waals surface area contributed by atoms with Gasteiger partial charge in [0.2, 0.25) is 0 Å². The quantitative estimate of drug-likeness (QED) is 0.193. The zero-order valence-electron chi connectivity index (χ0n) is 22.3. The van der Waals surface area contributed by atoms with Gasteiger partial charge in [0.1, 0.15) is 11.5 Å². The maximum atomic E-state index is 13.6. The molecule has 0 aliphatic rings. The van der Waals surface area contributed by atoms with Crippen LogP contribution in [0.5, 0.6) is 5.75 Å². The molecule has 8 heteroatoms. The first-order chi connectivity index (χ1) is 15.2. The molecule has 1 atom stereocenters. The lowest BCUT2D eigenvalue weighted by Crippen LogP contribution is -2.27. The number of benzene rings is 1. The third kappa shape index (κ3) is 8.34. The van der Waals surface area contributed by atoms with Crippen LogP contribution >= 0.6 is 7.60 Å². The molecule has 0 saturated carbocycles. The van der Waals surface area contributed by atoms with Gasteiger partial charge < -0.3 is 23.6 Å². The van der Waals surface area contributed by atoms with Crippen LogP contribution in [0.4, 0.5) is 0 Å². The molecule has 0 aliphatic heterocycles. The lowest BCUT2D eigenvalue weighted by atomic mass is 9.78. The first-order valence-electron chi connectivity index (χ1n) is 11.8. The van der Waals surface area contributed by atoms with E-state index < -0.39 is 13.4 Å². The van der Waals surface area contributed by atoms with E-state index in [1.807, 2.05) is 26.0 Å². The number of hydrogen-bond donors (Lipinski definition) is 2. The lowest BCUT2D eigenvalue weighted by molar-refractivity contribution is -0.139. The summed E-state index contributed by atoms with van der Waals surface area (Å²) in [6, 6.07) is 3.83. The van der Waals surface area contributed by atoms with E-state index in [1.54, 1.807) is 0 Å². The fraction of sp³-hybridized carbons (Fsp3) is 0.760. The first kappa shape index (κ1) is 30.1. The van der Waals surface area contributed by atoms with Crippen molar-refractivity contribution in [2.45, 2.75) is 91.1 Å². The molecule has 1 aromatic rings. The molecule has 1 unspecified atom stereocenters. The standard InChI is InChI=1S/C25H46NO6P/c1-11-31-21(32-12-2)14-13-15-26-23(33(28,29-9)30-10)18-16-19(24(3,4)5)22(27)20(17-18)25(6,7)8/h16-17,21,23,26-27H,11-15H2,1-10H3. The van der Waals surface area contributed by atoms with Gasteiger partial charge in [-0.05, 0) is 72.9 Å². The highest BCUT2D eigenvalue weighted by atomic mass is 31.2. The summed E-state index contributed by atoms with van der Waals surface area (Å²) in [4.78, 5) is 0. The molecular formula is C25H46NO6P. The fourth-order valence-corrected chi connectivity index (χ4v) is 5.19. The third-order valence-corrected chi connectivity index (χ3v) is 7.68. The van der Waals surface area contributed by atoms with Crippen LogP contribution in [0.25, 0.3) is 0 Å². The van der Waals surface area contributed by atoms with Gasteiger partial charge in [0, 0.05) is 27.4 Å². The molecule has 1 aromatic carbocycles. The number of phenols is 1. The predicted octanol–water partition coefficient (Wildman–Crippen LogP) is 6.24. The van der Waals surface area contributed by atoms with Gasteiger partial charge in [-0.1, -0.05) is 41.5 Å². The van der Waals surface area contributed by atoms with Crippen LogP contribution in [0.1, 0.15) is 90.7 Å². The average molecular weight is 488 g/mol. The van der Waals surface area contributed by atoms with E-state index in [2.05, 4.69) is 46.9 Å². The van der Waals surface area contributed by atoms with Gasteiger partial charge in [-0.25, -0.2) is 0 Å². The van der Waals surface area contributed by atoms with Crippen LogP contribution < -0.4 is 5.32 Å². The second kappa shape index (κ2) is 12.7. The van der Waals surface area contributed by atoms with Crippen LogP contribution in [0, 0.1) is 0 Å². The van der Waals surface area contributed by atoms with Crippen molar-refractivity contribution in [1.29, 1.82) is 0 Å². The van der Waals surface area contributed by atoms with Gasteiger partial charge in [-0.15, -0.1) is 0 Å².